The molecule has 0 aliphatic carbocycles. The van der Waals surface area contributed by atoms with E-state index in [0.717, 1.165) is 18.3 Å². The maximum Gasteiger partial charge on any atom is 0.264 e. The van der Waals surface area contributed by atoms with Crippen LogP contribution in [-0.2, 0) is 10.0 Å². The fourth-order valence-corrected chi connectivity index (χ4v) is 3.21. The Kier molecular flexibility index (Phi) is 3.91. The molecule has 0 saturated heterocycles. The number of halogens is 3. The zero-order valence-electron chi connectivity index (χ0n) is 9.77. The molecule has 0 unspecified atom stereocenters. The van der Waals surface area contributed by atoms with E-state index in [1.165, 1.54) is 12.1 Å². The van der Waals surface area contributed by atoms with Crippen molar-refractivity contribution in [3.63, 3.8) is 0 Å². The standard InChI is InChI=1S/C11H8BrF2N3O2S/c12-8-3-6(15)4-9(11(8)14)20(18,19)17-7-1-2-10(13)16-5-7/h1-5,17H,15H2. The van der Waals surface area contributed by atoms with Crippen LogP contribution in [-0.4, -0.2) is 13.4 Å². The lowest BCUT2D eigenvalue weighted by molar-refractivity contribution is 0.566. The van der Waals surface area contributed by atoms with Crippen LogP contribution in [0, 0.1) is 11.8 Å². The second kappa shape index (κ2) is 5.33. The summed E-state index contributed by atoms with van der Waals surface area (Å²) in [5, 5.41) is 0. The van der Waals surface area contributed by atoms with Gasteiger partial charge in [-0.2, -0.15) is 4.39 Å². The van der Waals surface area contributed by atoms with E-state index < -0.39 is 26.7 Å². The minimum atomic E-state index is -4.20. The molecule has 0 amide bonds. The molecule has 1 aromatic carbocycles. The number of hydrogen-bond donors (Lipinski definition) is 2. The van der Waals surface area contributed by atoms with Crippen LogP contribution in [0.3, 0.4) is 0 Å². The quantitative estimate of drug-likeness (QED) is 0.648. The maximum atomic E-state index is 13.8. The van der Waals surface area contributed by atoms with E-state index in [1.807, 2.05) is 0 Å². The van der Waals surface area contributed by atoms with Gasteiger partial charge in [0.25, 0.3) is 10.0 Å². The Bertz CT molecular complexity index is 751. The van der Waals surface area contributed by atoms with E-state index in [-0.39, 0.29) is 15.8 Å². The lowest BCUT2D eigenvalue weighted by Gasteiger charge is -2.10. The van der Waals surface area contributed by atoms with Gasteiger partial charge in [-0.3, -0.25) is 4.72 Å². The van der Waals surface area contributed by atoms with Gasteiger partial charge in [0.05, 0.1) is 16.4 Å². The highest BCUT2D eigenvalue weighted by atomic mass is 79.9. The first kappa shape index (κ1) is 14.7. The Morgan fingerprint density at radius 1 is 1.25 bits per heavy atom. The number of anilines is 2. The van der Waals surface area contributed by atoms with Gasteiger partial charge in [0.1, 0.15) is 4.90 Å². The third kappa shape index (κ3) is 3.05. The van der Waals surface area contributed by atoms with Gasteiger partial charge < -0.3 is 5.73 Å². The minimum absolute atomic E-state index is 0.00402. The summed E-state index contributed by atoms with van der Waals surface area (Å²) < 4.78 is 52.6. The SMILES string of the molecule is Nc1cc(Br)c(F)c(S(=O)(=O)Nc2ccc(F)nc2)c1. The topological polar surface area (TPSA) is 85.1 Å². The first-order valence-electron chi connectivity index (χ1n) is 5.18. The molecule has 5 nitrogen and oxygen atoms in total. The molecule has 0 radical (unpaired) electrons. The van der Waals surface area contributed by atoms with Gasteiger partial charge in [-0.25, -0.2) is 17.8 Å². The summed E-state index contributed by atoms with van der Waals surface area (Å²) in [6.45, 7) is 0. The Labute approximate surface area is 122 Å². The molecular weight excluding hydrogens is 356 g/mol. The van der Waals surface area contributed by atoms with E-state index in [4.69, 9.17) is 5.73 Å². The summed E-state index contributed by atoms with van der Waals surface area (Å²) in [6.07, 6.45) is 0.978. The zero-order chi connectivity index (χ0) is 14.9. The van der Waals surface area contributed by atoms with E-state index in [9.17, 15) is 17.2 Å². The molecule has 20 heavy (non-hydrogen) atoms. The molecular formula is C11H8BrF2N3O2S. The third-order valence-electron chi connectivity index (χ3n) is 2.29. The maximum absolute atomic E-state index is 13.8. The number of pyridine rings is 1. The van der Waals surface area contributed by atoms with E-state index >= 15 is 0 Å². The molecule has 3 N–H and O–H groups in total. The fraction of sp³-hybridized carbons (Fsp3) is 0. The van der Waals surface area contributed by atoms with Crippen LogP contribution in [0.2, 0.25) is 0 Å². The average Bonchev–Trinajstić information content (AvgIpc) is 2.36. The van der Waals surface area contributed by atoms with Crippen molar-refractivity contribution >= 4 is 37.3 Å². The normalized spacial score (nSPS) is 11.3. The first-order chi connectivity index (χ1) is 9.29. The second-order valence-electron chi connectivity index (χ2n) is 3.79. The van der Waals surface area contributed by atoms with Crippen molar-refractivity contribution < 1.29 is 17.2 Å². The first-order valence-corrected chi connectivity index (χ1v) is 7.46. The molecule has 0 spiro atoms. The number of nitrogen functional groups attached to an aromatic ring is 1. The van der Waals surface area contributed by atoms with Crippen molar-refractivity contribution in [3.05, 3.63) is 46.7 Å². The largest absolute Gasteiger partial charge is 0.399 e. The molecule has 2 rings (SSSR count). The highest BCUT2D eigenvalue weighted by Gasteiger charge is 2.22. The van der Waals surface area contributed by atoms with E-state index in [2.05, 4.69) is 25.6 Å². The highest BCUT2D eigenvalue weighted by Crippen LogP contribution is 2.27. The van der Waals surface area contributed by atoms with Crippen molar-refractivity contribution in [1.82, 2.24) is 4.98 Å². The Morgan fingerprint density at radius 2 is 1.95 bits per heavy atom. The van der Waals surface area contributed by atoms with Gasteiger partial charge in [-0.15, -0.1) is 0 Å². The smallest absolute Gasteiger partial charge is 0.264 e. The number of hydrogen-bond acceptors (Lipinski definition) is 4. The van der Waals surface area contributed by atoms with Crippen LogP contribution in [0.4, 0.5) is 20.2 Å². The number of benzene rings is 1. The van der Waals surface area contributed by atoms with Crippen LogP contribution >= 0.6 is 15.9 Å². The van der Waals surface area contributed by atoms with Gasteiger partial charge in [-0.1, -0.05) is 0 Å². The van der Waals surface area contributed by atoms with Crippen molar-refractivity contribution in [1.29, 1.82) is 0 Å². The summed E-state index contributed by atoms with van der Waals surface area (Å²) in [7, 11) is -4.20. The molecule has 106 valence electrons. The minimum Gasteiger partial charge on any atom is -0.399 e. The Balaban J connectivity index is 2.43. The summed E-state index contributed by atoms with van der Waals surface area (Å²) in [4.78, 5) is 2.68. The number of nitrogens with two attached hydrogens (primary N) is 1. The lowest BCUT2D eigenvalue weighted by Crippen LogP contribution is -2.15. The number of aromatic nitrogens is 1. The molecule has 2 aromatic rings. The predicted octanol–water partition coefficient (Wildman–Crippen LogP) is 2.51. The third-order valence-corrected chi connectivity index (χ3v) is 4.24. The van der Waals surface area contributed by atoms with Gasteiger partial charge in [-0.05, 0) is 40.2 Å². The van der Waals surface area contributed by atoms with E-state index in [0.29, 0.717) is 0 Å². The van der Waals surface area contributed by atoms with Gasteiger partial charge in [0.15, 0.2) is 5.82 Å². The molecule has 0 aliphatic heterocycles. The molecule has 1 heterocycles. The summed E-state index contributed by atoms with van der Waals surface area (Å²) >= 11 is 2.88. The van der Waals surface area contributed by atoms with Crippen LogP contribution < -0.4 is 10.5 Å². The monoisotopic (exact) mass is 363 g/mol. The second-order valence-corrected chi connectivity index (χ2v) is 6.30. The zero-order valence-corrected chi connectivity index (χ0v) is 12.2. The van der Waals surface area contributed by atoms with Crippen molar-refractivity contribution in [3.8, 4) is 0 Å². The van der Waals surface area contributed by atoms with Crippen LogP contribution in [0.25, 0.3) is 0 Å². The van der Waals surface area contributed by atoms with Crippen molar-refractivity contribution in [2.24, 2.45) is 0 Å². The van der Waals surface area contributed by atoms with Crippen LogP contribution in [0.5, 0.6) is 0 Å². The van der Waals surface area contributed by atoms with Crippen molar-refractivity contribution in [2.45, 2.75) is 4.90 Å². The van der Waals surface area contributed by atoms with Crippen molar-refractivity contribution in [2.75, 3.05) is 10.5 Å². The molecule has 0 bridgehead atoms. The molecule has 9 heteroatoms. The molecule has 0 saturated carbocycles. The number of nitrogens with one attached hydrogen (secondary N) is 1. The number of nitrogens with zero attached hydrogens (tertiary/aromatic N) is 1. The average molecular weight is 364 g/mol. The molecule has 0 fully saturated rings. The number of rotatable bonds is 3. The summed E-state index contributed by atoms with van der Waals surface area (Å²) in [5.41, 5.74) is 5.57. The molecule has 0 atom stereocenters. The number of sulfonamides is 1. The summed E-state index contributed by atoms with van der Waals surface area (Å²) in [5.74, 6) is -1.73. The molecule has 1 aromatic heterocycles. The Hall–Kier alpha value is -1.74. The van der Waals surface area contributed by atoms with Gasteiger partial charge >= 0.3 is 0 Å². The van der Waals surface area contributed by atoms with Crippen LogP contribution in [0.1, 0.15) is 0 Å². The predicted molar refractivity (Wildman–Crippen MR) is 73.5 cm³/mol. The molecule has 0 aliphatic rings. The van der Waals surface area contributed by atoms with Gasteiger partial charge in [0, 0.05) is 5.69 Å². The lowest BCUT2D eigenvalue weighted by atomic mass is 10.3. The fourth-order valence-electron chi connectivity index (χ4n) is 1.43. The summed E-state index contributed by atoms with van der Waals surface area (Å²) in [6, 6.07) is 4.37. The van der Waals surface area contributed by atoms with Crippen LogP contribution in [0.15, 0.2) is 39.8 Å². The highest BCUT2D eigenvalue weighted by molar-refractivity contribution is 9.10. The van der Waals surface area contributed by atoms with Gasteiger partial charge in [0.2, 0.25) is 5.95 Å². The Morgan fingerprint density at radius 3 is 2.55 bits per heavy atom. The van der Waals surface area contributed by atoms with E-state index in [1.54, 1.807) is 0 Å².